The fourth-order valence-electron chi connectivity index (χ4n) is 5.07. The van der Waals surface area contributed by atoms with Crippen molar-refractivity contribution >= 4 is 23.4 Å². The van der Waals surface area contributed by atoms with Crippen LogP contribution in [0.5, 0.6) is 11.5 Å². The van der Waals surface area contributed by atoms with E-state index in [1.54, 1.807) is 36.4 Å². The first-order valence-corrected chi connectivity index (χ1v) is 14.5. The van der Waals surface area contributed by atoms with E-state index in [1.807, 2.05) is 45.0 Å². The van der Waals surface area contributed by atoms with Crippen LogP contribution in [0.4, 0.5) is 22.1 Å². The van der Waals surface area contributed by atoms with E-state index in [9.17, 15) is 10.1 Å². The van der Waals surface area contributed by atoms with Crippen LogP contribution in [-0.2, 0) is 9.47 Å². The number of rotatable bonds is 7. The predicted octanol–water partition coefficient (Wildman–Crippen LogP) is 5.38. The average molecular weight is 587 g/mol. The molecule has 43 heavy (non-hydrogen) atoms. The van der Waals surface area contributed by atoms with Crippen LogP contribution in [0.25, 0.3) is 11.3 Å². The summed E-state index contributed by atoms with van der Waals surface area (Å²) in [7, 11) is 1.66. The molecule has 0 unspecified atom stereocenters. The van der Waals surface area contributed by atoms with Gasteiger partial charge in [-0.2, -0.15) is 5.26 Å². The van der Waals surface area contributed by atoms with E-state index in [4.69, 9.17) is 18.9 Å². The summed E-state index contributed by atoms with van der Waals surface area (Å²) in [5.41, 5.74) is 3.15. The standard InChI is InChI=1S/C32H38N6O5/c1-32(2,3)43-31(39)38-13-10-25(11-14-38)42-28-8-5-22(19-23(28)21-33)26-9-12-34-30(36-26)35-24-6-7-27(29(20-24)40-4)37-15-17-41-18-16-37/h5-9,12,19-20,25H,10-11,13-18H2,1-4H3,(H,34,35,36). The van der Waals surface area contributed by atoms with Crippen molar-refractivity contribution in [3.63, 3.8) is 0 Å². The molecule has 1 amide bonds. The molecule has 0 saturated carbocycles. The molecular weight excluding hydrogens is 548 g/mol. The van der Waals surface area contributed by atoms with Gasteiger partial charge in [-0.05, 0) is 57.2 Å². The summed E-state index contributed by atoms with van der Waals surface area (Å²) >= 11 is 0. The molecular formula is C32H38N6O5. The van der Waals surface area contributed by atoms with Gasteiger partial charge in [-0.15, -0.1) is 0 Å². The van der Waals surface area contributed by atoms with Crippen LogP contribution in [0.15, 0.2) is 48.7 Å². The Morgan fingerprint density at radius 1 is 1.05 bits per heavy atom. The van der Waals surface area contributed by atoms with Crippen molar-refractivity contribution in [2.45, 2.75) is 45.3 Å². The van der Waals surface area contributed by atoms with Crippen LogP contribution in [-0.4, -0.2) is 79.2 Å². The third-order valence-electron chi connectivity index (χ3n) is 7.23. The Labute approximate surface area is 252 Å². The van der Waals surface area contributed by atoms with Gasteiger partial charge >= 0.3 is 6.09 Å². The molecule has 3 aromatic rings. The summed E-state index contributed by atoms with van der Waals surface area (Å²) < 4.78 is 22.8. The maximum atomic E-state index is 12.4. The molecule has 0 aliphatic carbocycles. The van der Waals surface area contributed by atoms with Crippen molar-refractivity contribution < 1.29 is 23.7 Å². The quantitative estimate of drug-likeness (QED) is 0.386. The number of amides is 1. The third-order valence-corrected chi connectivity index (χ3v) is 7.23. The fraction of sp³-hybridized carbons (Fsp3) is 0.438. The van der Waals surface area contributed by atoms with E-state index in [0.717, 1.165) is 35.8 Å². The van der Waals surface area contributed by atoms with Gasteiger partial charge in [0, 0.05) is 62.5 Å². The molecule has 0 atom stereocenters. The number of anilines is 3. The van der Waals surface area contributed by atoms with Crippen LogP contribution < -0.4 is 19.7 Å². The Balaban J connectivity index is 1.24. The molecule has 2 saturated heterocycles. The van der Waals surface area contributed by atoms with Crippen LogP contribution in [0.1, 0.15) is 39.2 Å². The second-order valence-electron chi connectivity index (χ2n) is 11.5. The summed E-state index contributed by atoms with van der Waals surface area (Å²) in [6, 6.07) is 15.4. The number of morpholine rings is 1. The molecule has 2 aliphatic heterocycles. The normalized spacial score (nSPS) is 15.9. The molecule has 2 aliphatic rings. The van der Waals surface area contributed by atoms with E-state index in [-0.39, 0.29) is 12.2 Å². The molecule has 2 fully saturated rings. The molecule has 0 bridgehead atoms. The minimum Gasteiger partial charge on any atom is -0.495 e. The van der Waals surface area contributed by atoms with Gasteiger partial charge in [0.1, 0.15) is 29.3 Å². The maximum absolute atomic E-state index is 12.4. The molecule has 5 rings (SSSR count). The van der Waals surface area contributed by atoms with Gasteiger partial charge < -0.3 is 34.1 Å². The number of hydrogen-bond donors (Lipinski definition) is 1. The zero-order chi connectivity index (χ0) is 30.4. The van der Waals surface area contributed by atoms with Crippen molar-refractivity contribution in [3.05, 3.63) is 54.2 Å². The number of nitrogens with one attached hydrogen (secondary N) is 1. The Morgan fingerprint density at radius 2 is 1.81 bits per heavy atom. The van der Waals surface area contributed by atoms with E-state index in [1.165, 1.54) is 0 Å². The lowest BCUT2D eigenvalue weighted by Crippen LogP contribution is -2.44. The van der Waals surface area contributed by atoms with Crippen molar-refractivity contribution in [2.24, 2.45) is 0 Å². The Morgan fingerprint density at radius 3 is 2.51 bits per heavy atom. The number of methoxy groups -OCH3 is 1. The van der Waals surface area contributed by atoms with Gasteiger partial charge in [-0.25, -0.2) is 14.8 Å². The number of benzene rings is 2. The zero-order valence-electron chi connectivity index (χ0n) is 25.1. The first-order chi connectivity index (χ1) is 20.7. The van der Waals surface area contributed by atoms with Crippen LogP contribution in [0.3, 0.4) is 0 Å². The van der Waals surface area contributed by atoms with Crippen molar-refractivity contribution in [3.8, 4) is 28.8 Å². The minimum absolute atomic E-state index is 0.0990. The first-order valence-electron chi connectivity index (χ1n) is 14.5. The highest BCUT2D eigenvalue weighted by Crippen LogP contribution is 2.33. The van der Waals surface area contributed by atoms with E-state index in [2.05, 4.69) is 26.3 Å². The summed E-state index contributed by atoms with van der Waals surface area (Å²) in [4.78, 5) is 25.4. The van der Waals surface area contributed by atoms with Gasteiger partial charge in [0.15, 0.2) is 0 Å². The fourth-order valence-corrected chi connectivity index (χ4v) is 5.07. The highest BCUT2D eigenvalue weighted by atomic mass is 16.6. The van der Waals surface area contributed by atoms with Gasteiger partial charge in [-0.1, -0.05) is 0 Å². The molecule has 226 valence electrons. The van der Waals surface area contributed by atoms with Gasteiger partial charge in [0.05, 0.1) is 37.3 Å². The number of aromatic nitrogens is 2. The summed E-state index contributed by atoms with van der Waals surface area (Å²) in [6.07, 6.45) is 2.59. The summed E-state index contributed by atoms with van der Waals surface area (Å²) in [6.45, 7) is 9.67. The minimum atomic E-state index is -0.531. The number of nitrogens with zero attached hydrogens (tertiary/aromatic N) is 5. The van der Waals surface area contributed by atoms with Crippen LogP contribution in [0.2, 0.25) is 0 Å². The van der Waals surface area contributed by atoms with E-state index in [0.29, 0.717) is 62.1 Å². The number of ether oxygens (including phenoxy) is 4. The Bertz CT molecular complexity index is 1470. The molecule has 3 heterocycles. The number of piperidine rings is 1. The van der Waals surface area contributed by atoms with E-state index >= 15 is 0 Å². The summed E-state index contributed by atoms with van der Waals surface area (Å²) in [5.74, 6) is 1.70. The van der Waals surface area contributed by atoms with Gasteiger partial charge in [-0.3, -0.25) is 0 Å². The van der Waals surface area contributed by atoms with Crippen molar-refractivity contribution in [2.75, 3.05) is 56.7 Å². The lowest BCUT2D eigenvalue weighted by molar-refractivity contribution is 0.0126. The highest BCUT2D eigenvalue weighted by molar-refractivity contribution is 5.70. The topological polar surface area (TPSA) is 122 Å². The lowest BCUT2D eigenvalue weighted by Gasteiger charge is -2.33. The predicted molar refractivity (Wildman–Crippen MR) is 163 cm³/mol. The van der Waals surface area contributed by atoms with Gasteiger partial charge in [0.25, 0.3) is 0 Å². The highest BCUT2D eigenvalue weighted by Gasteiger charge is 2.28. The van der Waals surface area contributed by atoms with E-state index < -0.39 is 5.60 Å². The number of nitriles is 1. The monoisotopic (exact) mass is 586 g/mol. The Hall–Kier alpha value is -4.56. The molecule has 2 aromatic carbocycles. The Kier molecular flexibility index (Phi) is 9.16. The third kappa shape index (κ3) is 7.64. The SMILES string of the molecule is COc1cc(Nc2nccc(-c3ccc(OC4CCN(C(=O)OC(C)(C)C)CC4)c(C#N)c3)n2)ccc1N1CCOCC1. The van der Waals surface area contributed by atoms with Crippen LogP contribution in [0, 0.1) is 11.3 Å². The average Bonchev–Trinajstić information content (AvgIpc) is 3.01. The lowest BCUT2D eigenvalue weighted by atomic mass is 10.1. The number of hydrogen-bond acceptors (Lipinski definition) is 10. The van der Waals surface area contributed by atoms with Crippen LogP contribution >= 0.6 is 0 Å². The first kappa shape index (κ1) is 29.9. The summed E-state index contributed by atoms with van der Waals surface area (Å²) in [5, 5.41) is 13.2. The molecule has 1 N–H and O–H groups in total. The maximum Gasteiger partial charge on any atom is 0.410 e. The molecule has 11 nitrogen and oxygen atoms in total. The number of likely N-dealkylation sites (tertiary alicyclic amines) is 1. The zero-order valence-corrected chi connectivity index (χ0v) is 25.1. The smallest absolute Gasteiger partial charge is 0.410 e. The van der Waals surface area contributed by atoms with Gasteiger partial charge in [0.2, 0.25) is 5.95 Å². The number of carbonyl (C=O) groups is 1. The molecule has 0 spiro atoms. The number of carbonyl (C=O) groups excluding carboxylic acids is 1. The molecule has 11 heteroatoms. The molecule has 0 radical (unpaired) electrons. The molecule has 1 aromatic heterocycles. The van der Waals surface area contributed by atoms with Crippen molar-refractivity contribution in [1.29, 1.82) is 5.26 Å². The second-order valence-corrected chi connectivity index (χ2v) is 11.5. The largest absolute Gasteiger partial charge is 0.495 e. The van der Waals surface area contributed by atoms with Crippen molar-refractivity contribution in [1.82, 2.24) is 14.9 Å². The second kappa shape index (κ2) is 13.2.